The van der Waals surface area contributed by atoms with E-state index in [0.29, 0.717) is 11.3 Å². The van der Waals surface area contributed by atoms with Crippen molar-refractivity contribution in [1.29, 1.82) is 0 Å². The van der Waals surface area contributed by atoms with Crippen LogP contribution in [0.3, 0.4) is 0 Å². The van der Waals surface area contributed by atoms with Gasteiger partial charge in [-0.15, -0.1) is 11.3 Å². The van der Waals surface area contributed by atoms with Crippen molar-refractivity contribution in [3.63, 3.8) is 0 Å². The zero-order valence-corrected chi connectivity index (χ0v) is 18.2. The van der Waals surface area contributed by atoms with E-state index in [2.05, 4.69) is 38.0 Å². The van der Waals surface area contributed by atoms with Gasteiger partial charge in [0.15, 0.2) is 0 Å². The topological polar surface area (TPSA) is 64.0 Å². The molecule has 1 aromatic carbocycles. The van der Waals surface area contributed by atoms with E-state index in [1.54, 1.807) is 11.3 Å². The van der Waals surface area contributed by atoms with E-state index in [1.165, 1.54) is 15.8 Å². The first-order valence-electron chi connectivity index (χ1n) is 10.1. The molecule has 0 spiro atoms. The maximum Gasteiger partial charge on any atom is 0.262 e. The lowest BCUT2D eigenvalue weighted by Gasteiger charge is -2.23. The molecule has 4 rings (SSSR count). The number of benzene rings is 1. The zero-order valence-electron chi connectivity index (χ0n) is 17.4. The third kappa shape index (κ3) is 3.86. The van der Waals surface area contributed by atoms with Crippen molar-refractivity contribution in [2.24, 2.45) is 5.92 Å². The molecule has 0 saturated carbocycles. The predicted octanol–water partition coefficient (Wildman–Crippen LogP) is 4.52. The van der Waals surface area contributed by atoms with Crippen molar-refractivity contribution in [2.45, 2.75) is 58.9 Å². The van der Waals surface area contributed by atoms with Gasteiger partial charge in [0.2, 0.25) is 5.91 Å². The molecule has 1 unspecified atom stereocenters. The van der Waals surface area contributed by atoms with Crippen LogP contribution in [-0.2, 0) is 29.6 Å². The van der Waals surface area contributed by atoms with Gasteiger partial charge in [0.05, 0.1) is 11.7 Å². The van der Waals surface area contributed by atoms with Crippen molar-refractivity contribution in [3.05, 3.63) is 57.0 Å². The zero-order chi connectivity index (χ0) is 20.8. The van der Waals surface area contributed by atoms with Crippen molar-refractivity contribution >= 4 is 33.1 Å². The van der Waals surface area contributed by atoms with Crippen LogP contribution in [0.1, 0.15) is 50.1 Å². The van der Waals surface area contributed by atoms with Gasteiger partial charge < -0.3 is 5.32 Å². The highest BCUT2D eigenvalue weighted by molar-refractivity contribution is 7.18. The van der Waals surface area contributed by atoms with Gasteiger partial charge in [0.25, 0.3) is 5.56 Å². The minimum absolute atomic E-state index is 0.0404. The van der Waals surface area contributed by atoms with Gasteiger partial charge in [-0.25, -0.2) is 4.98 Å². The van der Waals surface area contributed by atoms with Crippen LogP contribution >= 0.6 is 11.3 Å². The number of aromatic nitrogens is 2. The number of anilines is 1. The number of hydrogen-bond acceptors (Lipinski definition) is 4. The number of fused-ring (bicyclic) bond motifs is 3. The Morgan fingerprint density at radius 2 is 2.07 bits per heavy atom. The van der Waals surface area contributed by atoms with Crippen LogP contribution in [0, 0.1) is 5.92 Å². The monoisotopic (exact) mass is 409 g/mol. The fourth-order valence-corrected chi connectivity index (χ4v) is 5.41. The molecule has 0 bridgehead atoms. The Labute approximate surface area is 174 Å². The number of carbonyl (C=O) groups is 1. The number of para-hydroxylation sites is 1. The van der Waals surface area contributed by atoms with E-state index < -0.39 is 0 Å². The summed E-state index contributed by atoms with van der Waals surface area (Å²) in [6.07, 6.45) is 4.53. The smallest absolute Gasteiger partial charge is 0.262 e. The van der Waals surface area contributed by atoms with E-state index in [1.807, 2.05) is 24.3 Å². The normalized spacial score (nSPS) is 16.6. The Balaban J connectivity index is 1.61. The molecule has 152 valence electrons. The highest BCUT2D eigenvalue weighted by atomic mass is 32.1. The summed E-state index contributed by atoms with van der Waals surface area (Å²) in [5.74, 6) is 0.425. The summed E-state index contributed by atoms with van der Waals surface area (Å²) in [6.45, 7) is 8.54. The molecule has 1 aliphatic rings. The average Bonchev–Trinajstić information content (AvgIpc) is 3.01. The second kappa shape index (κ2) is 7.41. The molecule has 5 nitrogen and oxygen atoms in total. The molecule has 0 radical (unpaired) electrons. The summed E-state index contributed by atoms with van der Waals surface area (Å²) in [6, 6.07) is 7.80. The number of nitrogens with zero attached hydrogens (tertiary/aromatic N) is 2. The Morgan fingerprint density at radius 1 is 1.31 bits per heavy atom. The van der Waals surface area contributed by atoms with Crippen LogP contribution in [0.4, 0.5) is 5.69 Å². The molecule has 2 aromatic heterocycles. The van der Waals surface area contributed by atoms with Crippen LogP contribution in [0.2, 0.25) is 0 Å². The molecular formula is C23H27N3O2S. The first-order valence-corrected chi connectivity index (χ1v) is 10.9. The highest BCUT2D eigenvalue weighted by Crippen LogP contribution is 2.35. The largest absolute Gasteiger partial charge is 0.324 e. The number of hydrogen-bond donors (Lipinski definition) is 1. The molecule has 0 aliphatic heterocycles. The Kier molecular flexibility index (Phi) is 5.07. The minimum atomic E-state index is -0.220. The summed E-state index contributed by atoms with van der Waals surface area (Å²) in [5.41, 5.74) is 2.80. The van der Waals surface area contributed by atoms with Crippen LogP contribution in [0.15, 0.2) is 35.4 Å². The summed E-state index contributed by atoms with van der Waals surface area (Å²) in [4.78, 5) is 32.4. The molecular weight excluding hydrogens is 382 g/mol. The lowest BCUT2D eigenvalue weighted by atomic mass is 9.86. The fraction of sp³-hybridized carbons (Fsp3) is 0.435. The van der Waals surface area contributed by atoms with Gasteiger partial charge in [-0.3, -0.25) is 14.2 Å². The number of aryl methyl sites for hydroxylation is 1. The van der Waals surface area contributed by atoms with E-state index in [4.69, 9.17) is 0 Å². The summed E-state index contributed by atoms with van der Waals surface area (Å²) in [7, 11) is 0. The number of nitrogens with one attached hydrogen (secondary N) is 1. The minimum Gasteiger partial charge on any atom is -0.324 e. The number of carbonyl (C=O) groups excluding carboxylic acids is 1. The quantitative estimate of drug-likeness (QED) is 0.692. The van der Waals surface area contributed by atoms with Crippen molar-refractivity contribution in [3.8, 4) is 0 Å². The number of amides is 1. The van der Waals surface area contributed by atoms with E-state index in [-0.39, 0.29) is 23.4 Å². The second-order valence-corrected chi connectivity index (χ2v) is 10.1. The molecule has 1 atom stereocenters. The summed E-state index contributed by atoms with van der Waals surface area (Å²) < 4.78 is 1.43. The van der Waals surface area contributed by atoms with Gasteiger partial charge in [-0.05, 0) is 47.8 Å². The predicted molar refractivity (Wildman–Crippen MR) is 119 cm³/mol. The Bertz CT molecular complexity index is 1140. The maximum absolute atomic E-state index is 13.1. The van der Waals surface area contributed by atoms with Gasteiger partial charge >= 0.3 is 0 Å². The van der Waals surface area contributed by atoms with Gasteiger partial charge in [0.1, 0.15) is 11.4 Å². The van der Waals surface area contributed by atoms with E-state index in [9.17, 15) is 9.59 Å². The lowest BCUT2D eigenvalue weighted by Crippen LogP contribution is -2.29. The van der Waals surface area contributed by atoms with Gasteiger partial charge in [-0.1, -0.05) is 45.9 Å². The fourth-order valence-electron chi connectivity index (χ4n) is 4.07. The summed E-state index contributed by atoms with van der Waals surface area (Å²) in [5, 5.41) is 3.69. The van der Waals surface area contributed by atoms with Gasteiger partial charge in [0, 0.05) is 10.6 Å². The second-order valence-electron chi connectivity index (χ2n) is 9.05. The van der Waals surface area contributed by atoms with Gasteiger partial charge in [-0.2, -0.15) is 0 Å². The first-order chi connectivity index (χ1) is 13.7. The van der Waals surface area contributed by atoms with Crippen molar-refractivity contribution < 1.29 is 4.79 Å². The van der Waals surface area contributed by atoms with Crippen LogP contribution in [0.5, 0.6) is 0 Å². The Morgan fingerprint density at radius 3 is 2.83 bits per heavy atom. The number of thiophene rings is 1. The van der Waals surface area contributed by atoms with E-state index >= 15 is 0 Å². The molecule has 0 fully saturated rings. The van der Waals surface area contributed by atoms with Crippen LogP contribution in [0.25, 0.3) is 10.2 Å². The average molecular weight is 410 g/mol. The molecule has 1 amide bonds. The highest BCUT2D eigenvalue weighted by Gasteiger charge is 2.24. The molecule has 2 heterocycles. The van der Waals surface area contributed by atoms with E-state index in [0.717, 1.165) is 40.9 Å². The van der Waals surface area contributed by atoms with Crippen molar-refractivity contribution in [2.75, 3.05) is 5.32 Å². The molecule has 6 heteroatoms. The maximum atomic E-state index is 13.1. The molecule has 0 saturated heterocycles. The molecule has 1 aliphatic carbocycles. The lowest BCUT2D eigenvalue weighted by molar-refractivity contribution is -0.116. The molecule has 1 N–H and O–H groups in total. The molecule has 29 heavy (non-hydrogen) atoms. The van der Waals surface area contributed by atoms with Crippen LogP contribution < -0.4 is 10.9 Å². The molecule has 3 aromatic rings. The van der Waals surface area contributed by atoms with Crippen LogP contribution in [-0.4, -0.2) is 15.5 Å². The third-order valence-electron chi connectivity index (χ3n) is 5.61. The number of rotatable bonds is 3. The SMILES string of the molecule is CC1CCc2c(sc3ncn(CC(=O)Nc4ccccc4C(C)(C)C)c(=O)c23)C1. The first kappa shape index (κ1) is 19.8. The standard InChI is InChI=1S/C23H27N3O2S/c1-14-9-10-15-18(11-14)29-21-20(15)22(28)26(13-24-21)12-19(27)25-17-8-6-5-7-16(17)23(2,3)4/h5-8,13-14H,9-12H2,1-4H3,(H,25,27). The van der Waals surface area contributed by atoms with Crippen molar-refractivity contribution in [1.82, 2.24) is 9.55 Å². The third-order valence-corrected chi connectivity index (χ3v) is 6.77. The summed E-state index contributed by atoms with van der Waals surface area (Å²) >= 11 is 1.63. The Hall–Kier alpha value is -2.47.